The van der Waals surface area contributed by atoms with Crippen molar-refractivity contribution in [2.45, 2.75) is 13.8 Å². The summed E-state index contributed by atoms with van der Waals surface area (Å²) in [5.41, 5.74) is 3.56. The molecule has 1 aliphatic rings. The van der Waals surface area contributed by atoms with Crippen LogP contribution in [0.4, 0.5) is 17.1 Å². The number of nitrogens with one attached hydrogen (secondary N) is 2. The summed E-state index contributed by atoms with van der Waals surface area (Å²) < 4.78 is 5.35. The summed E-state index contributed by atoms with van der Waals surface area (Å²) in [6.07, 6.45) is 0. The van der Waals surface area contributed by atoms with E-state index in [1.165, 1.54) is 12.1 Å². The number of carbonyl (C=O) groups excluding carboxylic acids is 1. The number of hydrogen-bond donors (Lipinski definition) is 2. The van der Waals surface area contributed by atoms with Crippen LogP contribution in [-0.2, 0) is 4.74 Å². The first-order valence-corrected chi connectivity index (χ1v) is 9.56. The SMILES string of the molecule is Cc1ccc(NC(=S)NC(=O)c2cc([N+](=O)[O-])ccc2N2CCOCC2)c(C)c1. The molecule has 1 aliphatic heterocycles. The molecule has 0 atom stereocenters. The number of nitro benzene ring substituents is 1. The van der Waals surface area contributed by atoms with Crippen molar-refractivity contribution in [3.63, 3.8) is 0 Å². The number of thiocarbonyl (C=S) groups is 1. The minimum Gasteiger partial charge on any atom is -0.378 e. The standard InChI is InChI=1S/C20H22N4O4S/c1-13-3-5-17(14(2)11-13)21-20(29)22-19(25)16-12-15(24(26)27)4-6-18(16)23-7-9-28-10-8-23/h3-6,11-12H,7-10H2,1-2H3,(H2,21,22,25,29). The van der Waals surface area contributed by atoms with Gasteiger partial charge in [0.15, 0.2) is 5.11 Å². The molecule has 2 N–H and O–H groups in total. The molecule has 3 rings (SSSR count). The number of rotatable bonds is 4. The number of anilines is 2. The topological polar surface area (TPSA) is 96.7 Å². The molecular weight excluding hydrogens is 392 g/mol. The van der Waals surface area contributed by atoms with Gasteiger partial charge in [0.2, 0.25) is 0 Å². The zero-order valence-corrected chi connectivity index (χ0v) is 17.0. The number of morpholine rings is 1. The van der Waals surface area contributed by atoms with E-state index in [1.54, 1.807) is 6.07 Å². The minimum absolute atomic E-state index is 0.126. The number of aryl methyl sites for hydroxylation is 2. The van der Waals surface area contributed by atoms with Crippen LogP contribution in [0.25, 0.3) is 0 Å². The molecule has 0 spiro atoms. The van der Waals surface area contributed by atoms with E-state index in [0.29, 0.717) is 32.0 Å². The van der Waals surface area contributed by atoms with Crippen LogP contribution in [0.2, 0.25) is 0 Å². The minimum atomic E-state index is -0.522. The van der Waals surface area contributed by atoms with Crippen LogP contribution in [0, 0.1) is 24.0 Å². The van der Waals surface area contributed by atoms with Crippen LogP contribution in [0.5, 0.6) is 0 Å². The largest absolute Gasteiger partial charge is 0.378 e. The number of amides is 1. The predicted molar refractivity (Wildman–Crippen MR) is 116 cm³/mol. The molecule has 1 amide bonds. The molecule has 1 fully saturated rings. The van der Waals surface area contributed by atoms with Gasteiger partial charge in [-0.05, 0) is 43.8 Å². The molecule has 0 bridgehead atoms. The van der Waals surface area contributed by atoms with Crippen molar-refractivity contribution in [2.75, 3.05) is 36.5 Å². The second kappa shape index (κ2) is 8.97. The van der Waals surface area contributed by atoms with E-state index in [4.69, 9.17) is 17.0 Å². The van der Waals surface area contributed by atoms with Crippen LogP contribution in [0.1, 0.15) is 21.5 Å². The monoisotopic (exact) mass is 414 g/mol. The molecule has 0 radical (unpaired) electrons. The lowest BCUT2D eigenvalue weighted by Gasteiger charge is -2.30. The highest BCUT2D eigenvalue weighted by atomic mass is 32.1. The number of nitro groups is 1. The Balaban J connectivity index is 1.81. The molecule has 152 valence electrons. The summed E-state index contributed by atoms with van der Waals surface area (Å²) in [5, 5.41) is 17.0. The zero-order chi connectivity index (χ0) is 21.0. The lowest BCUT2D eigenvalue weighted by atomic mass is 10.1. The van der Waals surface area contributed by atoms with Crippen molar-refractivity contribution in [1.29, 1.82) is 0 Å². The summed E-state index contributed by atoms with van der Waals surface area (Å²) in [6.45, 7) is 6.20. The molecule has 0 saturated carbocycles. The lowest BCUT2D eigenvalue weighted by Crippen LogP contribution is -2.39. The van der Waals surface area contributed by atoms with E-state index in [2.05, 4.69) is 10.6 Å². The Morgan fingerprint density at radius 3 is 2.55 bits per heavy atom. The van der Waals surface area contributed by atoms with E-state index in [1.807, 2.05) is 36.9 Å². The van der Waals surface area contributed by atoms with Gasteiger partial charge in [-0.15, -0.1) is 0 Å². The maximum atomic E-state index is 12.9. The summed E-state index contributed by atoms with van der Waals surface area (Å²) >= 11 is 5.28. The molecule has 0 unspecified atom stereocenters. The van der Waals surface area contributed by atoms with Gasteiger partial charge < -0.3 is 15.0 Å². The average molecular weight is 414 g/mol. The van der Waals surface area contributed by atoms with Gasteiger partial charge in [-0.3, -0.25) is 20.2 Å². The number of nitrogens with zero attached hydrogens (tertiary/aromatic N) is 2. The third kappa shape index (κ3) is 5.07. The Morgan fingerprint density at radius 2 is 1.90 bits per heavy atom. The van der Waals surface area contributed by atoms with E-state index in [-0.39, 0.29) is 16.4 Å². The average Bonchev–Trinajstić information content (AvgIpc) is 2.70. The molecule has 2 aromatic carbocycles. The van der Waals surface area contributed by atoms with Gasteiger partial charge >= 0.3 is 0 Å². The van der Waals surface area contributed by atoms with Gasteiger partial charge in [0.25, 0.3) is 11.6 Å². The van der Waals surface area contributed by atoms with Gasteiger partial charge in [-0.25, -0.2) is 0 Å². The summed E-state index contributed by atoms with van der Waals surface area (Å²) in [4.78, 5) is 25.6. The summed E-state index contributed by atoms with van der Waals surface area (Å²) in [7, 11) is 0. The molecular formula is C20H22N4O4S. The first-order valence-electron chi connectivity index (χ1n) is 9.16. The number of benzene rings is 2. The molecule has 0 aromatic heterocycles. The van der Waals surface area contributed by atoms with Crippen molar-refractivity contribution in [2.24, 2.45) is 0 Å². The van der Waals surface area contributed by atoms with E-state index in [0.717, 1.165) is 16.8 Å². The van der Waals surface area contributed by atoms with Gasteiger partial charge in [0.05, 0.1) is 29.4 Å². The molecule has 8 nitrogen and oxygen atoms in total. The van der Waals surface area contributed by atoms with Crippen molar-refractivity contribution >= 4 is 40.3 Å². The van der Waals surface area contributed by atoms with Crippen molar-refractivity contribution in [3.8, 4) is 0 Å². The third-order valence-electron chi connectivity index (χ3n) is 4.64. The van der Waals surface area contributed by atoms with Gasteiger partial charge in [0, 0.05) is 30.9 Å². The second-order valence-electron chi connectivity index (χ2n) is 6.78. The van der Waals surface area contributed by atoms with Gasteiger partial charge in [0.1, 0.15) is 0 Å². The first kappa shape index (κ1) is 20.7. The second-order valence-corrected chi connectivity index (χ2v) is 7.19. The van der Waals surface area contributed by atoms with Crippen LogP contribution in [0.15, 0.2) is 36.4 Å². The molecule has 1 heterocycles. The predicted octanol–water partition coefficient (Wildman–Crippen LogP) is 3.18. The summed E-state index contributed by atoms with van der Waals surface area (Å²) in [5.74, 6) is -0.502. The van der Waals surface area contributed by atoms with Crippen LogP contribution < -0.4 is 15.5 Å². The first-order chi connectivity index (χ1) is 13.8. The highest BCUT2D eigenvalue weighted by molar-refractivity contribution is 7.80. The van der Waals surface area contributed by atoms with E-state index < -0.39 is 10.8 Å². The lowest BCUT2D eigenvalue weighted by molar-refractivity contribution is -0.384. The number of non-ortho nitro benzene ring substituents is 1. The highest BCUT2D eigenvalue weighted by Crippen LogP contribution is 2.26. The fourth-order valence-corrected chi connectivity index (χ4v) is 3.38. The molecule has 1 saturated heterocycles. The molecule has 0 aliphatic carbocycles. The number of carbonyl (C=O) groups is 1. The van der Waals surface area contributed by atoms with Crippen LogP contribution >= 0.6 is 12.2 Å². The van der Waals surface area contributed by atoms with Crippen LogP contribution in [-0.4, -0.2) is 42.2 Å². The Bertz CT molecular complexity index is 957. The van der Waals surface area contributed by atoms with Crippen molar-refractivity contribution in [3.05, 3.63) is 63.2 Å². The number of hydrogen-bond acceptors (Lipinski definition) is 6. The highest BCUT2D eigenvalue weighted by Gasteiger charge is 2.22. The smallest absolute Gasteiger partial charge is 0.270 e. The maximum Gasteiger partial charge on any atom is 0.270 e. The van der Waals surface area contributed by atoms with Crippen LogP contribution in [0.3, 0.4) is 0 Å². The fraction of sp³-hybridized carbons (Fsp3) is 0.300. The Morgan fingerprint density at radius 1 is 1.17 bits per heavy atom. The molecule has 2 aromatic rings. The Labute approximate surface area is 174 Å². The Kier molecular flexibility index (Phi) is 6.40. The maximum absolute atomic E-state index is 12.9. The number of ether oxygens (including phenoxy) is 1. The molecule has 29 heavy (non-hydrogen) atoms. The summed E-state index contributed by atoms with van der Waals surface area (Å²) in [6, 6.07) is 10.1. The quantitative estimate of drug-likeness (QED) is 0.451. The molecule has 9 heteroatoms. The third-order valence-corrected chi connectivity index (χ3v) is 4.85. The van der Waals surface area contributed by atoms with Gasteiger partial charge in [-0.2, -0.15) is 0 Å². The Hall–Kier alpha value is -3.04. The van der Waals surface area contributed by atoms with Crippen molar-refractivity contribution < 1.29 is 14.5 Å². The van der Waals surface area contributed by atoms with E-state index in [9.17, 15) is 14.9 Å². The zero-order valence-electron chi connectivity index (χ0n) is 16.2. The van der Waals surface area contributed by atoms with Gasteiger partial charge in [-0.1, -0.05) is 17.7 Å². The normalized spacial score (nSPS) is 13.7. The van der Waals surface area contributed by atoms with E-state index >= 15 is 0 Å². The fourth-order valence-electron chi connectivity index (χ4n) is 3.18. The van der Waals surface area contributed by atoms with Crippen molar-refractivity contribution in [1.82, 2.24) is 5.32 Å².